The number of anilines is 2. The highest BCUT2D eigenvalue weighted by molar-refractivity contribution is 5.66. The summed E-state index contributed by atoms with van der Waals surface area (Å²) in [6.07, 6.45) is 0.961. The Hall–Kier alpha value is -2.48. The van der Waals surface area contributed by atoms with Crippen LogP contribution in [0.2, 0.25) is 0 Å². The first kappa shape index (κ1) is 12.0. The fourth-order valence-corrected chi connectivity index (χ4v) is 1.67. The van der Waals surface area contributed by atoms with Gasteiger partial charge in [0.2, 0.25) is 0 Å². The topological polar surface area (TPSA) is 79.7 Å². The van der Waals surface area contributed by atoms with Crippen molar-refractivity contribution in [2.75, 3.05) is 17.6 Å². The third kappa shape index (κ3) is 2.13. The summed E-state index contributed by atoms with van der Waals surface area (Å²) >= 11 is 0. The number of nitrogen functional groups attached to an aromatic ring is 1. The molecule has 0 saturated carbocycles. The van der Waals surface area contributed by atoms with Crippen LogP contribution in [-0.2, 0) is 0 Å². The van der Waals surface area contributed by atoms with Gasteiger partial charge in [-0.2, -0.15) is 5.26 Å². The lowest BCUT2D eigenvalue weighted by Crippen LogP contribution is -2.03. The van der Waals surface area contributed by atoms with Gasteiger partial charge in [-0.1, -0.05) is 25.1 Å². The molecule has 0 atom stereocenters. The fraction of sp³-hybridized carbons (Fsp3) is 0.231. The normalized spacial score (nSPS) is 10.0. The van der Waals surface area contributed by atoms with Gasteiger partial charge in [0, 0.05) is 6.54 Å². The average Bonchev–Trinajstić information content (AvgIpc) is 2.73. The molecule has 0 amide bonds. The first-order valence-electron chi connectivity index (χ1n) is 5.85. The molecule has 1 heterocycles. The molecule has 0 aliphatic heterocycles. The Bertz CT molecular complexity index is 565. The monoisotopic (exact) mass is 241 g/mol. The molecule has 3 N–H and O–H groups in total. The predicted molar refractivity (Wildman–Crippen MR) is 71.5 cm³/mol. The lowest BCUT2D eigenvalue weighted by atomic mass is 10.3. The largest absolute Gasteiger partial charge is 0.382 e. The van der Waals surface area contributed by atoms with Gasteiger partial charge in [-0.15, -0.1) is 5.10 Å². The number of aromatic nitrogens is 2. The molecule has 5 nitrogen and oxygen atoms in total. The van der Waals surface area contributed by atoms with Crippen LogP contribution in [0, 0.1) is 11.3 Å². The molecular formula is C13H15N5. The van der Waals surface area contributed by atoms with E-state index in [1.165, 1.54) is 0 Å². The van der Waals surface area contributed by atoms with Gasteiger partial charge in [0.1, 0.15) is 17.5 Å². The Balaban J connectivity index is 2.44. The Morgan fingerprint density at radius 1 is 1.39 bits per heavy atom. The minimum absolute atomic E-state index is 0.363. The van der Waals surface area contributed by atoms with E-state index in [-0.39, 0.29) is 0 Å². The number of nitrogens with zero attached hydrogens (tertiary/aromatic N) is 3. The molecule has 18 heavy (non-hydrogen) atoms. The Kier molecular flexibility index (Phi) is 3.49. The van der Waals surface area contributed by atoms with Gasteiger partial charge < -0.3 is 11.1 Å². The predicted octanol–water partition coefficient (Wildman–Crippen LogP) is 2.15. The number of benzene rings is 1. The second-order valence-corrected chi connectivity index (χ2v) is 3.89. The molecule has 0 aliphatic carbocycles. The molecule has 0 radical (unpaired) electrons. The number of rotatable bonds is 4. The van der Waals surface area contributed by atoms with Crippen LogP contribution in [0.3, 0.4) is 0 Å². The smallest absolute Gasteiger partial charge is 0.168 e. The number of nitrogens with one attached hydrogen (secondary N) is 1. The zero-order valence-corrected chi connectivity index (χ0v) is 10.2. The molecule has 0 saturated heterocycles. The molecule has 1 aromatic carbocycles. The summed E-state index contributed by atoms with van der Waals surface area (Å²) in [5.41, 5.74) is 7.20. The molecule has 5 heteroatoms. The van der Waals surface area contributed by atoms with E-state index in [9.17, 15) is 0 Å². The Labute approximate surface area is 106 Å². The third-order valence-corrected chi connectivity index (χ3v) is 2.58. The van der Waals surface area contributed by atoms with E-state index in [1.54, 1.807) is 4.68 Å². The highest BCUT2D eigenvalue weighted by Gasteiger charge is 2.15. The second-order valence-electron chi connectivity index (χ2n) is 3.89. The van der Waals surface area contributed by atoms with E-state index < -0.39 is 0 Å². The van der Waals surface area contributed by atoms with Gasteiger partial charge in [0.15, 0.2) is 5.82 Å². The lowest BCUT2D eigenvalue weighted by molar-refractivity contribution is 0.880. The number of nitriles is 1. The molecule has 0 unspecified atom stereocenters. The van der Waals surface area contributed by atoms with Crippen LogP contribution in [0.15, 0.2) is 30.3 Å². The zero-order valence-electron chi connectivity index (χ0n) is 10.2. The Morgan fingerprint density at radius 2 is 2.11 bits per heavy atom. The van der Waals surface area contributed by atoms with E-state index in [0.717, 1.165) is 18.7 Å². The summed E-state index contributed by atoms with van der Waals surface area (Å²) < 4.78 is 1.58. The van der Waals surface area contributed by atoms with Crippen molar-refractivity contribution in [2.45, 2.75) is 13.3 Å². The highest BCUT2D eigenvalue weighted by Crippen LogP contribution is 2.23. The van der Waals surface area contributed by atoms with Crippen molar-refractivity contribution in [1.82, 2.24) is 9.78 Å². The highest BCUT2D eigenvalue weighted by atomic mass is 15.3. The molecule has 0 fully saturated rings. The molecule has 0 bridgehead atoms. The standard InChI is InChI=1S/C13H15N5/c1-2-8-16-13-11(9-14)12(15)18(17-13)10-6-4-3-5-7-10/h3-7H,2,8,15H2,1H3,(H,16,17). The van der Waals surface area contributed by atoms with Crippen LogP contribution >= 0.6 is 0 Å². The molecule has 2 rings (SSSR count). The van der Waals surface area contributed by atoms with Crippen molar-refractivity contribution < 1.29 is 0 Å². The van der Waals surface area contributed by atoms with Crippen molar-refractivity contribution >= 4 is 11.6 Å². The van der Waals surface area contributed by atoms with Crippen LogP contribution in [0.1, 0.15) is 18.9 Å². The van der Waals surface area contributed by atoms with E-state index in [4.69, 9.17) is 11.0 Å². The van der Waals surface area contributed by atoms with Gasteiger partial charge in [0.05, 0.1) is 5.69 Å². The van der Waals surface area contributed by atoms with Gasteiger partial charge in [-0.3, -0.25) is 0 Å². The molecular weight excluding hydrogens is 226 g/mol. The van der Waals surface area contributed by atoms with E-state index in [2.05, 4.69) is 23.4 Å². The maximum Gasteiger partial charge on any atom is 0.168 e. The maximum atomic E-state index is 9.14. The van der Waals surface area contributed by atoms with Crippen molar-refractivity contribution in [1.29, 1.82) is 5.26 Å². The summed E-state index contributed by atoms with van der Waals surface area (Å²) in [7, 11) is 0. The van der Waals surface area contributed by atoms with Gasteiger partial charge in [0.25, 0.3) is 0 Å². The average molecular weight is 241 g/mol. The van der Waals surface area contributed by atoms with Gasteiger partial charge >= 0.3 is 0 Å². The van der Waals surface area contributed by atoms with Crippen LogP contribution in [0.4, 0.5) is 11.6 Å². The fourth-order valence-electron chi connectivity index (χ4n) is 1.67. The van der Waals surface area contributed by atoms with Crippen molar-refractivity contribution in [2.24, 2.45) is 0 Å². The van der Waals surface area contributed by atoms with Crippen LogP contribution < -0.4 is 11.1 Å². The van der Waals surface area contributed by atoms with E-state index in [0.29, 0.717) is 17.2 Å². The number of hydrogen-bond acceptors (Lipinski definition) is 4. The van der Waals surface area contributed by atoms with Gasteiger partial charge in [-0.25, -0.2) is 4.68 Å². The minimum Gasteiger partial charge on any atom is -0.382 e. The number of para-hydroxylation sites is 1. The molecule has 0 aliphatic rings. The number of hydrogen-bond donors (Lipinski definition) is 2. The lowest BCUT2D eigenvalue weighted by Gasteiger charge is -2.02. The zero-order chi connectivity index (χ0) is 13.0. The first-order valence-corrected chi connectivity index (χ1v) is 5.85. The quantitative estimate of drug-likeness (QED) is 0.859. The summed E-state index contributed by atoms with van der Waals surface area (Å²) in [5.74, 6) is 0.906. The van der Waals surface area contributed by atoms with Gasteiger partial charge in [-0.05, 0) is 18.6 Å². The van der Waals surface area contributed by atoms with Crippen molar-refractivity contribution in [3.63, 3.8) is 0 Å². The van der Waals surface area contributed by atoms with Crippen LogP contribution in [0.5, 0.6) is 0 Å². The molecule has 2 aromatic rings. The second kappa shape index (κ2) is 5.23. The van der Waals surface area contributed by atoms with Crippen LogP contribution in [-0.4, -0.2) is 16.3 Å². The maximum absolute atomic E-state index is 9.14. The van der Waals surface area contributed by atoms with E-state index >= 15 is 0 Å². The number of nitrogens with two attached hydrogens (primary N) is 1. The van der Waals surface area contributed by atoms with Crippen molar-refractivity contribution in [3.8, 4) is 11.8 Å². The van der Waals surface area contributed by atoms with Crippen LogP contribution in [0.25, 0.3) is 5.69 Å². The first-order chi connectivity index (χ1) is 8.77. The SMILES string of the molecule is CCCNc1nn(-c2ccccc2)c(N)c1C#N. The van der Waals surface area contributed by atoms with Crippen molar-refractivity contribution in [3.05, 3.63) is 35.9 Å². The Morgan fingerprint density at radius 3 is 2.72 bits per heavy atom. The molecule has 1 aromatic heterocycles. The minimum atomic E-state index is 0.363. The summed E-state index contributed by atoms with van der Waals surface area (Å²) in [6, 6.07) is 11.6. The summed E-state index contributed by atoms with van der Waals surface area (Å²) in [5, 5.41) is 16.6. The summed E-state index contributed by atoms with van der Waals surface area (Å²) in [6.45, 7) is 2.82. The molecule has 92 valence electrons. The van der Waals surface area contributed by atoms with E-state index in [1.807, 2.05) is 30.3 Å². The molecule has 0 spiro atoms. The third-order valence-electron chi connectivity index (χ3n) is 2.58. The summed E-state index contributed by atoms with van der Waals surface area (Å²) in [4.78, 5) is 0.